The lowest BCUT2D eigenvalue weighted by Gasteiger charge is -2.54. The van der Waals surface area contributed by atoms with Crippen LogP contribution >= 0.6 is 43.2 Å². The molecule has 2 bridgehead atoms. The Morgan fingerprint density at radius 3 is 2.34 bits per heavy atom. The normalized spacial score (nSPS) is 28.4. The summed E-state index contributed by atoms with van der Waals surface area (Å²) in [4.78, 5) is 21.3. The zero-order valence-electron chi connectivity index (χ0n) is 55.1. The molecule has 96 heavy (non-hydrogen) atoms. The molecule has 1 aromatic heterocycles. The average molecular weight is 1360 g/mol. The summed E-state index contributed by atoms with van der Waals surface area (Å²) >= 11 is 0. The van der Waals surface area contributed by atoms with Crippen LogP contribution in [0.25, 0.3) is 16.8 Å². The number of aliphatic hydroxyl groups excluding tert-OH is 3. The molecule has 2 aliphatic heterocycles. The molecule has 0 amide bonds. The summed E-state index contributed by atoms with van der Waals surface area (Å²) < 4.78 is 13.2. The molecule has 3 heterocycles. The number of hydrogen-bond acceptors (Lipinski definition) is 14. The van der Waals surface area contributed by atoms with Crippen LogP contribution in [0.2, 0.25) is 0 Å². The van der Waals surface area contributed by atoms with Crippen LogP contribution in [0, 0.1) is 35.5 Å². The predicted octanol–water partition coefficient (Wildman–Crippen LogP) is 15.9. The molecule has 7 aromatic carbocycles. The van der Waals surface area contributed by atoms with E-state index in [-0.39, 0.29) is 59.9 Å². The number of carbonyl (C=O) groups is 1. The van der Waals surface area contributed by atoms with Crippen molar-refractivity contribution in [2.45, 2.75) is 137 Å². The number of aliphatic hydroxyl groups is 3. The van der Waals surface area contributed by atoms with E-state index in [0.29, 0.717) is 59.0 Å². The minimum Gasteiger partial charge on any atom is -0.507 e. The van der Waals surface area contributed by atoms with Gasteiger partial charge in [-0.1, -0.05) is 178 Å². The van der Waals surface area contributed by atoms with Crippen molar-refractivity contribution in [2.75, 3.05) is 38.0 Å². The van der Waals surface area contributed by atoms with Crippen molar-refractivity contribution in [3.63, 3.8) is 0 Å². The highest BCUT2D eigenvalue weighted by Gasteiger charge is 2.62. The number of phenolic OH excluding ortho intramolecular Hbond substituents is 3. The fourth-order valence-corrected chi connectivity index (χ4v) is 24.0. The van der Waals surface area contributed by atoms with E-state index >= 15 is 4.79 Å². The van der Waals surface area contributed by atoms with E-state index in [9.17, 15) is 30.6 Å². The van der Waals surface area contributed by atoms with Crippen LogP contribution in [0.5, 0.6) is 28.7 Å². The molecule has 3 saturated carbocycles. The molecule has 0 saturated heterocycles. The van der Waals surface area contributed by atoms with Gasteiger partial charge < -0.3 is 50.4 Å². The largest absolute Gasteiger partial charge is 0.507 e. The first-order chi connectivity index (χ1) is 46.8. The van der Waals surface area contributed by atoms with E-state index in [4.69, 9.17) is 9.47 Å². The highest BCUT2D eigenvalue weighted by Crippen LogP contribution is 2.60. The first kappa shape index (κ1) is 66.9. The number of aromatic hydroxyl groups is 3. The number of fused-ring (bicyclic) bond motifs is 8. The molecule has 8 N–H and O–H groups in total. The molecule has 13 unspecified atom stereocenters. The first-order valence-electron chi connectivity index (χ1n) is 34.8. The molecule has 0 radical (unpaired) electrons. The number of rotatable bonds is 12. The fourth-order valence-electron chi connectivity index (χ4n) is 18.3. The van der Waals surface area contributed by atoms with Gasteiger partial charge in [0.15, 0.2) is 28.8 Å². The van der Waals surface area contributed by atoms with Crippen LogP contribution in [0.15, 0.2) is 152 Å². The Hall–Kier alpha value is -6.27. The summed E-state index contributed by atoms with van der Waals surface area (Å²) in [5.74, 6) is -0.594. The summed E-state index contributed by atoms with van der Waals surface area (Å²) in [5.41, 5.74) is 10.00. The van der Waals surface area contributed by atoms with Gasteiger partial charge in [0.25, 0.3) is 0 Å². The minimum absolute atomic E-state index is 0.000959. The number of ketones is 1. The number of benzene rings is 7. The van der Waals surface area contributed by atoms with Crippen LogP contribution in [0.1, 0.15) is 142 Å². The van der Waals surface area contributed by atoms with E-state index in [1.165, 1.54) is 16.7 Å². The van der Waals surface area contributed by atoms with Crippen molar-refractivity contribution in [3.05, 3.63) is 224 Å². The minimum atomic E-state index is -1.80. The van der Waals surface area contributed by atoms with Gasteiger partial charge in [-0.25, -0.2) is 0 Å². The second-order valence-corrected chi connectivity index (χ2v) is 33.2. The molecular weight excluding hydrogens is 1270 g/mol. The molecule has 13 atom stereocenters. The van der Waals surface area contributed by atoms with Gasteiger partial charge in [-0.05, 0) is 198 Å². The van der Waals surface area contributed by atoms with Crippen molar-refractivity contribution >= 4 is 65.8 Å². The Morgan fingerprint density at radius 2 is 1.54 bits per heavy atom. The molecule has 8 aromatic rings. The molecule has 14 rings (SSSR count). The average Bonchev–Trinajstić information content (AvgIpc) is 0.759. The Bertz CT molecular complexity index is 4130. The third-order valence-corrected chi connectivity index (χ3v) is 28.4. The van der Waals surface area contributed by atoms with E-state index in [1.54, 1.807) is 68.5 Å². The Kier molecular flexibility index (Phi) is 20.1. The van der Waals surface area contributed by atoms with Gasteiger partial charge in [0.1, 0.15) is 11.9 Å². The number of aryl methyl sites for hydroxylation is 1. The van der Waals surface area contributed by atoms with E-state index in [0.717, 1.165) is 120 Å². The number of hydrogen-bond donors (Lipinski definition) is 8. The van der Waals surface area contributed by atoms with Crippen molar-refractivity contribution in [3.8, 4) is 28.7 Å². The number of Topliss-reactive ketones (excluding diaryl/α,β-unsaturated/α-hetero) is 1. The maximum absolute atomic E-state index is 18.1. The molecular formula is C81H90N2O9S4. The number of aromatic nitrogens is 1. The molecule has 11 nitrogen and oxygen atoms in total. The first-order valence-corrected chi connectivity index (χ1v) is 39.6. The standard InChI is InChI=1S/C81H90N2O9S4/c1-4-50-23-24-51-19-12-21-62-73(44-84)96-95-46-59-39-74(88)81(67-47-94-93-45-57-18-10-11-22-71(57)92-72-38-56(67)26-29-68(72)85,79(90)76(59)77(89)58(35-49-31-33-83-43-49)37-54-25-30-69(86)78(91-3)64(54)42-63(50)75(51)62)60-40-66-61(70(87)41-60)27-28-65-55(20-13-32-80(65,66)82-2)36-53-17-9-8-16-52(53)34-48-14-6-5-7-15-48/h5-9,12,14-17,19,21,23-31,33,38,40-41,43,55,57-59,65,67,71,73-74,76-77,82-89H,4,10-11,13,18,20,22,32,34-37,39,42,44-47H2,1-3H3. The van der Waals surface area contributed by atoms with E-state index in [1.807, 2.05) is 49.8 Å². The van der Waals surface area contributed by atoms with Gasteiger partial charge >= 0.3 is 0 Å². The number of H-pyrrole nitrogens is 1. The van der Waals surface area contributed by atoms with Crippen molar-refractivity contribution < 1.29 is 44.9 Å². The summed E-state index contributed by atoms with van der Waals surface area (Å²) in [6.45, 7) is 1.98. The van der Waals surface area contributed by atoms with Crippen LogP contribution in [0.3, 0.4) is 0 Å². The number of carbonyl (C=O) groups excluding carboxylic acids is 1. The smallest absolute Gasteiger partial charge is 0.164 e. The highest BCUT2D eigenvalue weighted by atomic mass is 33.1. The number of aromatic amines is 1. The molecule has 502 valence electrons. The Labute approximate surface area is 580 Å². The summed E-state index contributed by atoms with van der Waals surface area (Å²) in [6.07, 6.45) is 15.8. The topological polar surface area (TPSA) is 185 Å². The van der Waals surface area contributed by atoms with Gasteiger partial charge in [0.2, 0.25) is 0 Å². The van der Waals surface area contributed by atoms with Crippen molar-refractivity contribution in [1.82, 2.24) is 10.3 Å². The predicted molar refractivity (Wildman–Crippen MR) is 393 cm³/mol. The van der Waals surface area contributed by atoms with Gasteiger partial charge in [-0.2, -0.15) is 0 Å². The lowest BCUT2D eigenvalue weighted by molar-refractivity contribution is -0.150. The number of methoxy groups -OCH3 is 1. The van der Waals surface area contributed by atoms with Gasteiger partial charge in [-0.3, -0.25) is 4.79 Å². The third kappa shape index (κ3) is 12.5. The Balaban J connectivity index is 0.952. The highest BCUT2D eigenvalue weighted by molar-refractivity contribution is 8.77. The molecule has 6 aliphatic rings. The quantitative estimate of drug-likeness (QED) is 0.0541. The van der Waals surface area contributed by atoms with Crippen LogP contribution in [0.4, 0.5) is 0 Å². The second-order valence-electron chi connectivity index (χ2n) is 28.0. The monoisotopic (exact) mass is 1360 g/mol. The van der Waals surface area contributed by atoms with Crippen LogP contribution < -0.4 is 14.8 Å². The SMILES string of the molecule is CCc1ccc2cccc3c2c1Cc1c(ccc(O)c1OC)CC(Cc1cc[nH]c1)C(O)C1C(=O)C(c2cc(O)c4c(c2)C2(NC)CCCC(Cc5ccccc5Cc5ccccc5)C2C=C4)(C2CSSCC4CCCCC4Oc4cc2ccc4O)C(O)CC1CSSC3CO. The maximum atomic E-state index is 18.1. The Morgan fingerprint density at radius 1 is 0.740 bits per heavy atom. The lowest BCUT2D eigenvalue weighted by Crippen LogP contribution is -2.63. The van der Waals surface area contributed by atoms with Gasteiger partial charge in [0, 0.05) is 70.9 Å². The number of phenols is 3. The fraction of sp³-hybridized carbons (Fsp3) is 0.420. The van der Waals surface area contributed by atoms with Gasteiger partial charge in [0.05, 0.1) is 42.1 Å². The third-order valence-electron chi connectivity index (χ3n) is 23.0. The van der Waals surface area contributed by atoms with Crippen LogP contribution in [-0.4, -0.2) is 97.7 Å². The molecule has 4 aliphatic carbocycles. The molecule has 0 spiro atoms. The van der Waals surface area contributed by atoms with Gasteiger partial charge in [-0.15, -0.1) is 0 Å². The van der Waals surface area contributed by atoms with Crippen LogP contribution in [-0.2, 0) is 54.3 Å². The van der Waals surface area contributed by atoms with Crippen molar-refractivity contribution in [2.24, 2.45) is 35.5 Å². The number of nitrogens with one attached hydrogen (secondary N) is 2. The lowest BCUT2D eigenvalue weighted by atomic mass is 9.51. The molecule has 3 fully saturated rings. The summed E-state index contributed by atoms with van der Waals surface area (Å²) in [6, 6.07) is 45.1. The second kappa shape index (κ2) is 28.9. The summed E-state index contributed by atoms with van der Waals surface area (Å²) in [7, 11) is 10.2. The maximum Gasteiger partial charge on any atom is 0.164 e. The van der Waals surface area contributed by atoms with E-state index in [2.05, 4.69) is 114 Å². The zero-order chi connectivity index (χ0) is 66.2. The van der Waals surface area contributed by atoms with E-state index < -0.39 is 52.1 Å². The number of ether oxygens (including phenoxy) is 2. The zero-order valence-corrected chi connectivity index (χ0v) is 58.4. The summed E-state index contributed by atoms with van der Waals surface area (Å²) in [5, 5.41) is 82.5. The van der Waals surface area contributed by atoms with Crippen molar-refractivity contribution in [1.29, 1.82) is 0 Å². The molecule has 15 heteroatoms.